The van der Waals surface area contributed by atoms with Gasteiger partial charge in [-0.1, -0.05) is 0 Å². The van der Waals surface area contributed by atoms with Crippen LogP contribution in [0, 0.1) is 0 Å². The number of tetrazole rings is 1. The third-order valence-electron chi connectivity index (χ3n) is 3.60. The van der Waals surface area contributed by atoms with E-state index in [-0.39, 0.29) is 23.9 Å². The van der Waals surface area contributed by atoms with Crippen molar-refractivity contribution in [1.29, 1.82) is 0 Å². The van der Waals surface area contributed by atoms with Crippen molar-refractivity contribution in [3.05, 3.63) is 59.9 Å². The summed E-state index contributed by atoms with van der Waals surface area (Å²) < 4.78 is 106. The van der Waals surface area contributed by atoms with Crippen molar-refractivity contribution in [3.8, 4) is 5.69 Å². The minimum atomic E-state index is -5.17. The van der Waals surface area contributed by atoms with Gasteiger partial charge in [-0.05, 0) is 52.9 Å². The number of sulfonamides is 1. The molecule has 0 radical (unpaired) electrons. The number of alkyl halides is 6. The van der Waals surface area contributed by atoms with Gasteiger partial charge in [0.05, 0.1) is 21.7 Å². The van der Waals surface area contributed by atoms with Crippen LogP contribution in [0.4, 0.5) is 32.0 Å². The van der Waals surface area contributed by atoms with Gasteiger partial charge in [0.2, 0.25) is 0 Å². The molecule has 29 heavy (non-hydrogen) atoms. The number of aromatic nitrogens is 4. The molecule has 0 atom stereocenters. The maximum absolute atomic E-state index is 12.9. The molecule has 0 spiro atoms. The first kappa shape index (κ1) is 20.6. The number of halogens is 6. The summed E-state index contributed by atoms with van der Waals surface area (Å²) in [5.41, 5.74) is -3.12. The van der Waals surface area contributed by atoms with Gasteiger partial charge in [0, 0.05) is 5.69 Å². The fourth-order valence-electron chi connectivity index (χ4n) is 2.26. The molecule has 0 aliphatic carbocycles. The Labute approximate surface area is 159 Å². The van der Waals surface area contributed by atoms with E-state index in [0.717, 1.165) is 0 Å². The first-order valence-corrected chi connectivity index (χ1v) is 9.00. The lowest BCUT2D eigenvalue weighted by molar-refractivity contribution is -0.143. The molecular weight excluding hydrogens is 428 g/mol. The zero-order valence-corrected chi connectivity index (χ0v) is 14.7. The second-order valence-electron chi connectivity index (χ2n) is 5.65. The summed E-state index contributed by atoms with van der Waals surface area (Å²) in [7, 11) is -4.74. The molecule has 0 unspecified atom stereocenters. The van der Waals surface area contributed by atoms with Crippen LogP contribution in [0.15, 0.2) is 53.7 Å². The third kappa shape index (κ3) is 4.64. The van der Waals surface area contributed by atoms with E-state index < -0.39 is 38.4 Å². The molecule has 3 aromatic rings. The number of hydrogen-bond acceptors (Lipinski definition) is 5. The van der Waals surface area contributed by atoms with E-state index in [0.29, 0.717) is 5.69 Å². The molecule has 1 aromatic heterocycles. The molecule has 3 rings (SSSR count). The maximum Gasteiger partial charge on any atom is 0.416 e. The Morgan fingerprint density at radius 3 is 1.86 bits per heavy atom. The van der Waals surface area contributed by atoms with Crippen LogP contribution < -0.4 is 4.72 Å². The molecule has 7 nitrogen and oxygen atoms in total. The molecule has 0 aliphatic heterocycles. The zero-order chi connectivity index (χ0) is 21.4. The Bertz CT molecular complexity index is 1080. The number of hydrogen-bond donors (Lipinski definition) is 1. The fourth-order valence-corrected chi connectivity index (χ4v) is 3.39. The average molecular weight is 437 g/mol. The van der Waals surface area contributed by atoms with Gasteiger partial charge in [-0.2, -0.15) is 26.3 Å². The molecule has 0 saturated heterocycles. The van der Waals surface area contributed by atoms with Crippen LogP contribution in [0.1, 0.15) is 11.1 Å². The van der Waals surface area contributed by atoms with Crippen molar-refractivity contribution >= 4 is 15.7 Å². The summed E-state index contributed by atoms with van der Waals surface area (Å²) >= 11 is 0. The highest BCUT2D eigenvalue weighted by Gasteiger charge is 2.38. The Hall–Kier alpha value is -3.16. The van der Waals surface area contributed by atoms with Crippen LogP contribution in [0.5, 0.6) is 0 Å². The monoisotopic (exact) mass is 437 g/mol. The maximum atomic E-state index is 12.9. The quantitative estimate of drug-likeness (QED) is 0.631. The van der Waals surface area contributed by atoms with Crippen molar-refractivity contribution in [2.45, 2.75) is 17.2 Å². The zero-order valence-electron chi connectivity index (χ0n) is 13.9. The van der Waals surface area contributed by atoms with E-state index in [9.17, 15) is 34.8 Å². The van der Waals surface area contributed by atoms with E-state index in [4.69, 9.17) is 0 Å². The van der Waals surface area contributed by atoms with Crippen LogP contribution in [0.3, 0.4) is 0 Å². The fraction of sp³-hybridized carbons (Fsp3) is 0.133. The van der Waals surface area contributed by atoms with Crippen molar-refractivity contribution in [2.75, 3.05) is 4.72 Å². The lowest BCUT2D eigenvalue weighted by Gasteiger charge is -2.15. The molecule has 0 saturated carbocycles. The normalized spacial score (nSPS) is 12.8. The smallest absolute Gasteiger partial charge is 0.280 e. The third-order valence-corrected chi connectivity index (χ3v) is 4.97. The summed E-state index contributed by atoms with van der Waals surface area (Å²) in [5.74, 6) is 0. The van der Waals surface area contributed by atoms with Crippen molar-refractivity contribution in [2.24, 2.45) is 0 Å². The van der Waals surface area contributed by atoms with Crippen LogP contribution in [0.2, 0.25) is 0 Å². The molecule has 1 N–H and O–H groups in total. The van der Waals surface area contributed by atoms with Gasteiger partial charge in [0.15, 0.2) is 0 Å². The van der Waals surface area contributed by atoms with Crippen LogP contribution in [-0.2, 0) is 22.4 Å². The van der Waals surface area contributed by atoms with Gasteiger partial charge in [0.1, 0.15) is 6.33 Å². The Morgan fingerprint density at radius 2 is 1.41 bits per heavy atom. The molecule has 14 heteroatoms. The number of anilines is 1. The number of nitrogens with one attached hydrogen (secondary N) is 1. The minimum absolute atomic E-state index is 0.0900. The van der Waals surface area contributed by atoms with Crippen LogP contribution in [0.25, 0.3) is 5.69 Å². The second kappa shape index (κ2) is 7.02. The van der Waals surface area contributed by atoms with E-state index >= 15 is 0 Å². The van der Waals surface area contributed by atoms with E-state index in [1.807, 2.05) is 4.72 Å². The van der Waals surface area contributed by atoms with Gasteiger partial charge in [0.25, 0.3) is 10.0 Å². The predicted molar refractivity (Wildman–Crippen MR) is 86.4 cm³/mol. The van der Waals surface area contributed by atoms with Gasteiger partial charge in [-0.3, -0.25) is 4.72 Å². The highest BCUT2D eigenvalue weighted by atomic mass is 32.2. The lowest BCUT2D eigenvalue weighted by Crippen LogP contribution is -2.17. The first-order chi connectivity index (χ1) is 13.4. The molecule has 0 amide bonds. The number of rotatable bonds is 4. The molecule has 0 fully saturated rings. The molecule has 154 valence electrons. The van der Waals surface area contributed by atoms with Crippen LogP contribution >= 0.6 is 0 Å². The lowest BCUT2D eigenvalue weighted by atomic mass is 10.1. The summed E-state index contributed by atoms with van der Waals surface area (Å²) in [6.07, 6.45) is -9.07. The molecule has 2 aromatic carbocycles. The summed E-state index contributed by atoms with van der Waals surface area (Å²) in [6.45, 7) is 0. The minimum Gasteiger partial charge on any atom is -0.280 e. The Balaban J connectivity index is 1.96. The van der Waals surface area contributed by atoms with Gasteiger partial charge in [-0.15, -0.1) is 5.10 Å². The molecule has 1 heterocycles. The Morgan fingerprint density at radius 1 is 0.862 bits per heavy atom. The molecule has 0 aliphatic rings. The summed E-state index contributed by atoms with van der Waals surface area (Å²) in [4.78, 5) is -1.18. The van der Waals surface area contributed by atoms with Gasteiger partial charge >= 0.3 is 12.4 Å². The van der Waals surface area contributed by atoms with Crippen LogP contribution in [-0.4, -0.2) is 28.6 Å². The predicted octanol–water partition coefficient (Wildman–Crippen LogP) is 3.50. The van der Waals surface area contributed by atoms with E-state index in [2.05, 4.69) is 15.5 Å². The largest absolute Gasteiger partial charge is 0.416 e. The molecule has 0 bridgehead atoms. The van der Waals surface area contributed by atoms with Gasteiger partial charge in [-0.25, -0.2) is 13.1 Å². The van der Waals surface area contributed by atoms with Crippen molar-refractivity contribution in [1.82, 2.24) is 20.2 Å². The van der Waals surface area contributed by atoms with Crippen molar-refractivity contribution < 1.29 is 34.8 Å². The highest BCUT2D eigenvalue weighted by molar-refractivity contribution is 7.92. The molecular formula is C15H9F6N5O2S. The Kier molecular flexibility index (Phi) is 4.98. The van der Waals surface area contributed by atoms with E-state index in [1.165, 1.54) is 35.3 Å². The highest BCUT2D eigenvalue weighted by Crippen LogP contribution is 2.37. The average Bonchev–Trinajstić information content (AvgIpc) is 3.15. The van der Waals surface area contributed by atoms with Gasteiger partial charge < -0.3 is 0 Å². The number of nitrogens with zero attached hydrogens (tertiary/aromatic N) is 4. The summed E-state index contributed by atoms with van der Waals surface area (Å²) in [6, 6.07) is 5.38. The topological polar surface area (TPSA) is 89.8 Å². The van der Waals surface area contributed by atoms with E-state index in [1.54, 1.807) is 0 Å². The first-order valence-electron chi connectivity index (χ1n) is 7.52. The van der Waals surface area contributed by atoms with Crippen molar-refractivity contribution in [3.63, 3.8) is 0 Å². The second-order valence-corrected chi connectivity index (χ2v) is 7.33. The SMILES string of the molecule is O=S(=O)(Nc1ccc(-n2cnnn2)cc1)c1cc(C(F)(F)F)cc(C(F)(F)F)c1. The summed E-state index contributed by atoms with van der Waals surface area (Å²) in [5, 5.41) is 10.4. The standard InChI is InChI=1S/C15H9F6N5O2S/c16-14(17,18)9-5-10(15(19,20)21)7-13(6-9)29(27,28)23-11-1-3-12(4-2-11)26-8-22-24-25-26/h1-8,23H. The number of benzene rings is 2.